The molecule has 1 aromatic rings. The topological polar surface area (TPSA) is 40.9 Å². The Balaban J connectivity index is 2.25. The van der Waals surface area contributed by atoms with Crippen molar-refractivity contribution in [2.45, 2.75) is 45.4 Å². The molecule has 19 heavy (non-hydrogen) atoms. The summed E-state index contributed by atoms with van der Waals surface area (Å²) in [5.74, 6) is -0.479. The average molecular weight is 255 g/mol. The molecular formula is C17H21NO. The Morgan fingerprint density at radius 3 is 2.58 bits per heavy atom. The van der Waals surface area contributed by atoms with Crippen LogP contribution in [0.4, 0.5) is 0 Å². The molecule has 2 rings (SSSR count). The largest absolute Gasteiger partial charge is 0.298 e. The highest BCUT2D eigenvalue weighted by Crippen LogP contribution is 2.43. The van der Waals surface area contributed by atoms with Gasteiger partial charge in [-0.15, -0.1) is 0 Å². The first-order valence-electron chi connectivity index (χ1n) is 7.04. The van der Waals surface area contributed by atoms with Crippen LogP contribution in [-0.2, 0) is 4.79 Å². The summed E-state index contributed by atoms with van der Waals surface area (Å²) in [6, 6.07) is 11.6. The van der Waals surface area contributed by atoms with E-state index in [1.807, 2.05) is 30.3 Å². The fourth-order valence-electron chi connectivity index (χ4n) is 3.17. The van der Waals surface area contributed by atoms with Crippen LogP contribution < -0.4 is 0 Å². The van der Waals surface area contributed by atoms with Gasteiger partial charge in [-0.1, -0.05) is 57.0 Å². The van der Waals surface area contributed by atoms with Crippen molar-refractivity contribution in [3.8, 4) is 6.07 Å². The zero-order chi connectivity index (χ0) is 13.9. The molecule has 1 aliphatic carbocycles. The second-order valence-electron chi connectivity index (χ2n) is 6.16. The van der Waals surface area contributed by atoms with Gasteiger partial charge >= 0.3 is 0 Å². The van der Waals surface area contributed by atoms with E-state index in [2.05, 4.69) is 19.9 Å². The number of Topliss-reactive ketones (excluding diaryl/α,β-unsaturated/α-hetero) is 1. The normalized spacial score (nSPS) is 23.3. The minimum atomic E-state index is -0.608. The van der Waals surface area contributed by atoms with E-state index in [0.717, 1.165) is 24.8 Å². The number of ketones is 1. The summed E-state index contributed by atoms with van der Waals surface area (Å²) in [4.78, 5) is 12.7. The maximum absolute atomic E-state index is 12.7. The molecule has 2 atom stereocenters. The third-order valence-corrected chi connectivity index (χ3v) is 4.40. The first-order valence-corrected chi connectivity index (χ1v) is 7.04. The third kappa shape index (κ3) is 2.87. The van der Waals surface area contributed by atoms with E-state index in [0.29, 0.717) is 0 Å². The fourth-order valence-corrected chi connectivity index (χ4v) is 3.17. The number of carbonyl (C=O) groups is 1. The summed E-state index contributed by atoms with van der Waals surface area (Å²) < 4.78 is 0. The fraction of sp³-hybridized carbons (Fsp3) is 0.529. The van der Waals surface area contributed by atoms with Crippen molar-refractivity contribution >= 4 is 5.78 Å². The van der Waals surface area contributed by atoms with Gasteiger partial charge in [0.25, 0.3) is 0 Å². The molecule has 0 radical (unpaired) electrons. The number of benzene rings is 1. The van der Waals surface area contributed by atoms with Crippen molar-refractivity contribution < 1.29 is 4.79 Å². The lowest BCUT2D eigenvalue weighted by Crippen LogP contribution is -2.36. The molecule has 1 aliphatic rings. The second-order valence-corrected chi connectivity index (χ2v) is 6.16. The van der Waals surface area contributed by atoms with Gasteiger partial charge < -0.3 is 0 Å². The van der Waals surface area contributed by atoms with E-state index in [1.54, 1.807) is 0 Å². The van der Waals surface area contributed by atoms with E-state index in [1.165, 1.54) is 6.42 Å². The van der Waals surface area contributed by atoms with Crippen molar-refractivity contribution in [1.82, 2.24) is 0 Å². The molecule has 0 aromatic heterocycles. The van der Waals surface area contributed by atoms with Crippen molar-refractivity contribution in [2.24, 2.45) is 11.3 Å². The Morgan fingerprint density at radius 2 is 2.00 bits per heavy atom. The predicted molar refractivity (Wildman–Crippen MR) is 75.5 cm³/mol. The molecule has 2 heteroatoms. The van der Waals surface area contributed by atoms with Crippen molar-refractivity contribution in [3.63, 3.8) is 0 Å². The second kappa shape index (κ2) is 5.57. The van der Waals surface area contributed by atoms with Crippen LogP contribution in [0.2, 0.25) is 0 Å². The van der Waals surface area contributed by atoms with Gasteiger partial charge in [0, 0.05) is 5.92 Å². The Hall–Kier alpha value is -1.62. The molecule has 0 amide bonds. The molecule has 0 saturated heterocycles. The minimum Gasteiger partial charge on any atom is -0.298 e. The predicted octanol–water partition coefficient (Wildman–Crippen LogP) is 4.08. The van der Waals surface area contributed by atoms with Crippen LogP contribution in [0, 0.1) is 22.7 Å². The van der Waals surface area contributed by atoms with E-state index >= 15 is 0 Å². The van der Waals surface area contributed by atoms with E-state index in [4.69, 9.17) is 0 Å². The van der Waals surface area contributed by atoms with Crippen molar-refractivity contribution in [2.75, 3.05) is 0 Å². The maximum Gasteiger partial charge on any atom is 0.158 e. The van der Waals surface area contributed by atoms with Gasteiger partial charge in [0.15, 0.2) is 5.78 Å². The molecule has 1 aromatic carbocycles. The van der Waals surface area contributed by atoms with Gasteiger partial charge in [-0.25, -0.2) is 0 Å². The highest BCUT2D eigenvalue weighted by Gasteiger charge is 2.40. The SMILES string of the molecule is CC1(C)CCCCC1C(=O)C(C#N)c1ccccc1. The standard InChI is InChI=1S/C17H21NO/c1-17(2)11-7-6-10-15(17)16(19)14(12-18)13-8-4-3-5-9-13/h3-5,8-9,14-15H,6-7,10-11H2,1-2H3. The number of nitrogens with zero attached hydrogens (tertiary/aromatic N) is 1. The molecule has 0 bridgehead atoms. The summed E-state index contributed by atoms with van der Waals surface area (Å²) in [5, 5.41) is 9.38. The summed E-state index contributed by atoms with van der Waals surface area (Å²) >= 11 is 0. The van der Waals surface area contributed by atoms with Crippen LogP contribution >= 0.6 is 0 Å². The van der Waals surface area contributed by atoms with Crippen LogP contribution in [0.5, 0.6) is 0 Å². The first-order chi connectivity index (χ1) is 9.06. The van der Waals surface area contributed by atoms with Gasteiger partial charge in [0.1, 0.15) is 5.92 Å². The number of carbonyl (C=O) groups excluding carboxylic acids is 1. The molecule has 0 aliphatic heterocycles. The van der Waals surface area contributed by atoms with Gasteiger partial charge in [-0.3, -0.25) is 4.79 Å². The van der Waals surface area contributed by atoms with E-state index in [-0.39, 0.29) is 17.1 Å². The highest BCUT2D eigenvalue weighted by molar-refractivity contribution is 5.91. The van der Waals surface area contributed by atoms with Gasteiger partial charge in [-0.05, 0) is 23.8 Å². The molecule has 2 unspecified atom stereocenters. The lowest BCUT2D eigenvalue weighted by molar-refractivity contribution is -0.128. The third-order valence-electron chi connectivity index (χ3n) is 4.40. The van der Waals surface area contributed by atoms with Crippen molar-refractivity contribution in [1.29, 1.82) is 5.26 Å². The lowest BCUT2D eigenvalue weighted by atomic mass is 9.65. The Morgan fingerprint density at radius 1 is 1.32 bits per heavy atom. The van der Waals surface area contributed by atoms with Crippen molar-refractivity contribution in [3.05, 3.63) is 35.9 Å². The molecule has 1 saturated carbocycles. The average Bonchev–Trinajstić information content (AvgIpc) is 2.40. The zero-order valence-electron chi connectivity index (χ0n) is 11.7. The number of hydrogen-bond acceptors (Lipinski definition) is 2. The molecule has 0 spiro atoms. The lowest BCUT2D eigenvalue weighted by Gasteiger charge is -2.38. The van der Waals surface area contributed by atoms with Gasteiger partial charge in [-0.2, -0.15) is 5.26 Å². The van der Waals surface area contributed by atoms with Crippen LogP contribution in [0.1, 0.15) is 51.0 Å². The maximum atomic E-state index is 12.7. The quantitative estimate of drug-likeness (QED) is 0.816. The molecule has 1 fully saturated rings. The molecule has 2 nitrogen and oxygen atoms in total. The van der Waals surface area contributed by atoms with Gasteiger partial charge in [0.2, 0.25) is 0 Å². The molecule has 0 heterocycles. The smallest absolute Gasteiger partial charge is 0.158 e. The van der Waals surface area contributed by atoms with Crippen LogP contribution in [0.3, 0.4) is 0 Å². The molecule has 0 N–H and O–H groups in total. The number of hydrogen-bond donors (Lipinski definition) is 0. The Kier molecular flexibility index (Phi) is 4.04. The molecular weight excluding hydrogens is 234 g/mol. The summed E-state index contributed by atoms with van der Waals surface area (Å²) in [6.07, 6.45) is 4.30. The number of nitriles is 1. The number of rotatable bonds is 3. The van der Waals surface area contributed by atoms with E-state index < -0.39 is 5.92 Å². The summed E-state index contributed by atoms with van der Waals surface area (Å²) in [6.45, 7) is 4.32. The Bertz CT molecular complexity index is 484. The van der Waals surface area contributed by atoms with Crippen LogP contribution in [0.15, 0.2) is 30.3 Å². The van der Waals surface area contributed by atoms with Gasteiger partial charge in [0.05, 0.1) is 6.07 Å². The summed E-state index contributed by atoms with van der Waals surface area (Å²) in [7, 11) is 0. The highest BCUT2D eigenvalue weighted by atomic mass is 16.1. The van der Waals surface area contributed by atoms with E-state index in [9.17, 15) is 10.1 Å². The Labute approximate surface area is 115 Å². The minimum absolute atomic E-state index is 0.0195. The first kappa shape index (κ1) is 13.8. The monoisotopic (exact) mass is 255 g/mol. The summed E-state index contributed by atoms with van der Waals surface area (Å²) in [5.41, 5.74) is 0.857. The zero-order valence-corrected chi connectivity index (χ0v) is 11.7. The molecule has 100 valence electrons. The van der Waals surface area contributed by atoms with Crippen LogP contribution in [0.25, 0.3) is 0 Å². The van der Waals surface area contributed by atoms with Crippen LogP contribution in [-0.4, -0.2) is 5.78 Å².